The van der Waals surface area contributed by atoms with E-state index in [-0.39, 0.29) is 0 Å². The van der Waals surface area contributed by atoms with E-state index in [0.29, 0.717) is 0 Å². The zero-order chi connectivity index (χ0) is 11.6. The highest BCUT2D eigenvalue weighted by molar-refractivity contribution is 8.03. The summed E-state index contributed by atoms with van der Waals surface area (Å²) in [5.41, 5.74) is 0. The van der Waals surface area contributed by atoms with Crippen molar-refractivity contribution < 1.29 is 0 Å². The van der Waals surface area contributed by atoms with Crippen LogP contribution >= 0.6 is 11.8 Å². The van der Waals surface area contributed by atoms with Gasteiger partial charge in [-0.25, -0.2) is 0 Å². The molecule has 0 spiro atoms. The van der Waals surface area contributed by atoms with Gasteiger partial charge < -0.3 is 0 Å². The second-order valence-electron chi connectivity index (χ2n) is 3.98. The van der Waals surface area contributed by atoms with Gasteiger partial charge in [0.2, 0.25) is 0 Å². The molecule has 0 aliphatic rings. The van der Waals surface area contributed by atoms with Crippen LogP contribution in [0.25, 0.3) is 0 Å². The molecule has 1 heteroatoms. The van der Waals surface area contributed by atoms with E-state index in [9.17, 15) is 0 Å². The molecule has 0 nitrogen and oxygen atoms in total. The monoisotopic (exact) mass is 234 g/mol. The number of unbranched alkanes of at least 4 members (excludes halogenated alkanes) is 3. The summed E-state index contributed by atoms with van der Waals surface area (Å²) in [6.07, 6.45) is 8.86. The van der Waals surface area contributed by atoms with Crippen LogP contribution in [0.15, 0.2) is 46.2 Å². The number of hydrogen-bond donors (Lipinski definition) is 0. The predicted molar refractivity (Wildman–Crippen MR) is 74.8 cm³/mol. The Bertz CT molecular complexity index is 300. The van der Waals surface area contributed by atoms with Gasteiger partial charge in [0.05, 0.1) is 0 Å². The third-order valence-electron chi connectivity index (χ3n) is 2.59. The van der Waals surface area contributed by atoms with Crippen LogP contribution in [-0.4, -0.2) is 0 Å². The van der Waals surface area contributed by atoms with Crippen molar-refractivity contribution in [3.05, 3.63) is 41.3 Å². The zero-order valence-electron chi connectivity index (χ0n) is 10.4. The molecule has 0 atom stereocenters. The maximum atomic E-state index is 2.26. The molecule has 0 bridgehead atoms. The summed E-state index contributed by atoms with van der Waals surface area (Å²) < 4.78 is 0. The minimum Gasteiger partial charge on any atom is -0.0949 e. The molecule has 16 heavy (non-hydrogen) atoms. The van der Waals surface area contributed by atoms with Gasteiger partial charge in [-0.3, -0.25) is 0 Å². The standard InChI is InChI=1S/C15H22S/c1-3-5-6-8-11-14(4-2)16-15-12-9-7-10-13-15/h4,7,9-10,12-13H,3,5-6,8,11H2,1-2H3/b14-4-. The van der Waals surface area contributed by atoms with Crippen molar-refractivity contribution in [3.8, 4) is 0 Å². The highest BCUT2D eigenvalue weighted by Crippen LogP contribution is 2.29. The van der Waals surface area contributed by atoms with Crippen molar-refractivity contribution in [1.82, 2.24) is 0 Å². The Labute approximate surface area is 104 Å². The lowest BCUT2D eigenvalue weighted by Crippen LogP contribution is -1.81. The number of benzene rings is 1. The summed E-state index contributed by atoms with van der Waals surface area (Å²) in [6, 6.07) is 10.6. The highest BCUT2D eigenvalue weighted by Gasteiger charge is 1.99. The van der Waals surface area contributed by atoms with Crippen LogP contribution in [0.1, 0.15) is 46.0 Å². The lowest BCUT2D eigenvalue weighted by atomic mass is 10.1. The molecule has 0 saturated carbocycles. The van der Waals surface area contributed by atoms with E-state index in [4.69, 9.17) is 0 Å². The van der Waals surface area contributed by atoms with Crippen molar-refractivity contribution in [3.63, 3.8) is 0 Å². The number of hydrogen-bond acceptors (Lipinski definition) is 1. The Morgan fingerprint density at radius 1 is 1.12 bits per heavy atom. The molecule has 0 radical (unpaired) electrons. The van der Waals surface area contributed by atoms with Gasteiger partial charge in [0.15, 0.2) is 0 Å². The topological polar surface area (TPSA) is 0 Å². The third kappa shape index (κ3) is 5.41. The van der Waals surface area contributed by atoms with E-state index in [1.54, 1.807) is 0 Å². The van der Waals surface area contributed by atoms with Gasteiger partial charge in [-0.1, -0.05) is 62.2 Å². The lowest BCUT2D eigenvalue weighted by molar-refractivity contribution is 0.672. The van der Waals surface area contributed by atoms with Crippen LogP contribution < -0.4 is 0 Å². The van der Waals surface area contributed by atoms with E-state index in [1.165, 1.54) is 41.9 Å². The molecule has 1 aromatic rings. The van der Waals surface area contributed by atoms with Crippen LogP contribution in [0.3, 0.4) is 0 Å². The number of allylic oxidation sites excluding steroid dienone is 2. The molecule has 0 aliphatic heterocycles. The number of rotatable bonds is 7. The van der Waals surface area contributed by atoms with Crippen molar-refractivity contribution >= 4 is 11.8 Å². The first-order valence-electron chi connectivity index (χ1n) is 6.25. The molecule has 1 rings (SSSR count). The fourth-order valence-electron chi connectivity index (χ4n) is 1.62. The smallest absolute Gasteiger partial charge is 0.0118 e. The average molecular weight is 234 g/mol. The van der Waals surface area contributed by atoms with E-state index in [0.717, 1.165) is 0 Å². The average Bonchev–Trinajstić information content (AvgIpc) is 2.34. The SMILES string of the molecule is C/C=C(/CCCCCC)Sc1ccccc1. The second-order valence-corrected chi connectivity index (χ2v) is 5.18. The van der Waals surface area contributed by atoms with E-state index in [2.05, 4.69) is 50.3 Å². The van der Waals surface area contributed by atoms with Gasteiger partial charge >= 0.3 is 0 Å². The fraction of sp³-hybridized carbons (Fsp3) is 0.467. The molecule has 0 aliphatic carbocycles. The third-order valence-corrected chi connectivity index (χ3v) is 3.80. The van der Waals surface area contributed by atoms with Crippen LogP contribution in [0.4, 0.5) is 0 Å². The molecule has 0 unspecified atom stereocenters. The first kappa shape index (κ1) is 13.4. The Balaban J connectivity index is 2.33. The summed E-state index contributed by atoms with van der Waals surface area (Å²) in [7, 11) is 0. The Kier molecular flexibility index (Phi) is 7.07. The Hall–Kier alpha value is -0.690. The lowest BCUT2D eigenvalue weighted by Gasteiger charge is -2.06. The maximum absolute atomic E-state index is 2.26. The molecule has 0 N–H and O–H groups in total. The minimum atomic E-state index is 1.23. The summed E-state index contributed by atoms with van der Waals surface area (Å²) in [5.74, 6) is 0. The van der Waals surface area contributed by atoms with Crippen molar-refractivity contribution in [2.45, 2.75) is 50.8 Å². The summed E-state index contributed by atoms with van der Waals surface area (Å²) in [5, 5.41) is 0. The second kappa shape index (κ2) is 8.46. The van der Waals surface area contributed by atoms with Crippen LogP contribution in [0.2, 0.25) is 0 Å². The molecule has 88 valence electrons. The van der Waals surface area contributed by atoms with E-state index in [1.807, 2.05) is 11.8 Å². The van der Waals surface area contributed by atoms with Gasteiger partial charge in [-0.2, -0.15) is 0 Å². The molecule has 0 aromatic heterocycles. The largest absolute Gasteiger partial charge is 0.0949 e. The maximum Gasteiger partial charge on any atom is 0.0118 e. The van der Waals surface area contributed by atoms with Crippen molar-refractivity contribution in [2.24, 2.45) is 0 Å². The van der Waals surface area contributed by atoms with Crippen molar-refractivity contribution in [2.75, 3.05) is 0 Å². The van der Waals surface area contributed by atoms with Gasteiger partial charge in [-0.05, 0) is 36.8 Å². The van der Waals surface area contributed by atoms with Gasteiger partial charge in [-0.15, -0.1) is 0 Å². The fourth-order valence-corrected chi connectivity index (χ4v) is 2.58. The normalized spacial score (nSPS) is 11.8. The summed E-state index contributed by atoms with van der Waals surface area (Å²) >= 11 is 1.91. The summed E-state index contributed by atoms with van der Waals surface area (Å²) in [4.78, 5) is 2.85. The first-order chi connectivity index (χ1) is 7.86. The van der Waals surface area contributed by atoms with Gasteiger partial charge in [0.25, 0.3) is 0 Å². The molecule has 1 aromatic carbocycles. The van der Waals surface area contributed by atoms with Crippen molar-refractivity contribution in [1.29, 1.82) is 0 Å². The van der Waals surface area contributed by atoms with Gasteiger partial charge in [0.1, 0.15) is 0 Å². The molecule has 0 fully saturated rings. The first-order valence-corrected chi connectivity index (χ1v) is 7.06. The quantitative estimate of drug-likeness (QED) is 0.434. The molecular weight excluding hydrogens is 212 g/mol. The minimum absolute atomic E-state index is 1.23. The Morgan fingerprint density at radius 2 is 1.88 bits per heavy atom. The number of thioether (sulfide) groups is 1. The van der Waals surface area contributed by atoms with Gasteiger partial charge in [0, 0.05) is 4.90 Å². The van der Waals surface area contributed by atoms with E-state index >= 15 is 0 Å². The van der Waals surface area contributed by atoms with E-state index < -0.39 is 0 Å². The molecule has 0 heterocycles. The summed E-state index contributed by atoms with van der Waals surface area (Å²) in [6.45, 7) is 4.40. The Morgan fingerprint density at radius 3 is 2.50 bits per heavy atom. The predicted octanol–water partition coefficient (Wildman–Crippen LogP) is 5.65. The molecule has 0 amide bonds. The van der Waals surface area contributed by atoms with Crippen LogP contribution in [0, 0.1) is 0 Å². The molecular formula is C15H22S. The highest BCUT2D eigenvalue weighted by atomic mass is 32.2. The zero-order valence-corrected chi connectivity index (χ0v) is 11.2. The molecule has 0 saturated heterocycles. The van der Waals surface area contributed by atoms with Crippen LogP contribution in [-0.2, 0) is 0 Å². The van der Waals surface area contributed by atoms with Crippen LogP contribution in [0.5, 0.6) is 0 Å².